The van der Waals surface area contributed by atoms with Crippen LogP contribution in [-0.4, -0.2) is 41.7 Å². The van der Waals surface area contributed by atoms with Gasteiger partial charge >= 0.3 is 0 Å². The molecule has 2 rings (SSSR count). The molecule has 6 nitrogen and oxygen atoms in total. The lowest BCUT2D eigenvalue weighted by Gasteiger charge is -2.18. The number of hydrogen-bond acceptors (Lipinski definition) is 5. The first-order valence-corrected chi connectivity index (χ1v) is 5.33. The zero-order chi connectivity index (χ0) is 12.3. The van der Waals surface area contributed by atoms with E-state index in [1.165, 1.54) is 0 Å². The number of aromatic nitrogens is 2. The fourth-order valence-electron chi connectivity index (χ4n) is 1.70. The number of nitrogens with two attached hydrogens (primary N) is 1. The molecule has 0 aliphatic rings. The fraction of sp³-hybridized carbons (Fsp3) is 0.364. The minimum atomic E-state index is -0.178. The average molecular weight is 236 g/mol. The van der Waals surface area contributed by atoms with Gasteiger partial charge in [0.15, 0.2) is 0 Å². The normalized spacial score (nSPS) is 12.8. The summed E-state index contributed by atoms with van der Waals surface area (Å²) >= 11 is 0. The van der Waals surface area contributed by atoms with Crippen LogP contribution < -0.4 is 11.1 Å². The number of benzene rings is 1. The fourth-order valence-corrected chi connectivity index (χ4v) is 1.70. The van der Waals surface area contributed by atoms with E-state index in [0.717, 1.165) is 16.6 Å². The van der Waals surface area contributed by atoms with E-state index in [1.54, 1.807) is 13.3 Å². The first kappa shape index (κ1) is 11.7. The molecule has 0 saturated heterocycles. The van der Waals surface area contributed by atoms with Gasteiger partial charge in [0.05, 0.1) is 42.3 Å². The Morgan fingerprint density at radius 1 is 1.59 bits per heavy atom. The Bertz CT molecular complexity index is 497. The molecule has 92 valence electrons. The number of H-pyrrole nitrogens is 1. The Balaban J connectivity index is 2.24. The lowest BCUT2D eigenvalue weighted by molar-refractivity contribution is 0.153. The predicted octanol–water partition coefficient (Wildman–Crippen LogP) is 0.564. The molecule has 0 radical (unpaired) electrons. The number of nitrogen functional groups attached to an aromatic ring is 1. The van der Waals surface area contributed by atoms with E-state index in [1.807, 2.05) is 12.1 Å². The van der Waals surface area contributed by atoms with Gasteiger partial charge in [-0.3, -0.25) is 5.10 Å². The van der Waals surface area contributed by atoms with Crippen molar-refractivity contribution in [3.05, 3.63) is 18.3 Å². The number of nitrogens with zero attached hydrogens (tertiary/aromatic N) is 1. The number of aliphatic hydroxyl groups is 1. The second-order valence-corrected chi connectivity index (χ2v) is 3.88. The molecule has 0 saturated carbocycles. The molecule has 1 atom stereocenters. The SMILES string of the molecule is COCC(CO)Nc1cc2[nH]ncc2cc1N. The van der Waals surface area contributed by atoms with Crippen molar-refractivity contribution >= 4 is 22.3 Å². The van der Waals surface area contributed by atoms with Crippen LogP contribution in [-0.2, 0) is 4.74 Å². The lowest BCUT2D eigenvalue weighted by atomic mass is 10.2. The van der Waals surface area contributed by atoms with Gasteiger partial charge in [-0.15, -0.1) is 0 Å². The molecule has 17 heavy (non-hydrogen) atoms. The third kappa shape index (κ3) is 2.48. The Morgan fingerprint density at radius 3 is 3.12 bits per heavy atom. The zero-order valence-corrected chi connectivity index (χ0v) is 9.60. The smallest absolute Gasteiger partial charge is 0.0726 e. The maximum Gasteiger partial charge on any atom is 0.0726 e. The van der Waals surface area contributed by atoms with Crippen molar-refractivity contribution in [1.82, 2.24) is 10.2 Å². The summed E-state index contributed by atoms with van der Waals surface area (Å²) in [6.45, 7) is 0.394. The van der Waals surface area contributed by atoms with Gasteiger partial charge in [-0.1, -0.05) is 0 Å². The second kappa shape index (κ2) is 5.03. The van der Waals surface area contributed by atoms with Gasteiger partial charge in [-0.2, -0.15) is 5.10 Å². The summed E-state index contributed by atoms with van der Waals surface area (Å²) in [5, 5.41) is 20.1. The van der Waals surface area contributed by atoms with Crippen LogP contribution in [0.1, 0.15) is 0 Å². The van der Waals surface area contributed by atoms with Crippen molar-refractivity contribution < 1.29 is 9.84 Å². The number of aromatic amines is 1. The van der Waals surface area contributed by atoms with Crippen molar-refractivity contribution in [3.8, 4) is 0 Å². The van der Waals surface area contributed by atoms with Crippen LogP contribution in [0, 0.1) is 0 Å². The van der Waals surface area contributed by atoms with Gasteiger partial charge < -0.3 is 20.9 Å². The Morgan fingerprint density at radius 2 is 2.41 bits per heavy atom. The number of hydrogen-bond donors (Lipinski definition) is 4. The zero-order valence-electron chi connectivity index (χ0n) is 9.60. The van der Waals surface area contributed by atoms with Gasteiger partial charge in [0.2, 0.25) is 0 Å². The highest BCUT2D eigenvalue weighted by atomic mass is 16.5. The van der Waals surface area contributed by atoms with Crippen LogP contribution in [0.25, 0.3) is 10.9 Å². The van der Waals surface area contributed by atoms with E-state index in [9.17, 15) is 5.11 Å². The molecular weight excluding hydrogens is 220 g/mol. The molecule has 0 aliphatic carbocycles. The molecule has 0 bridgehead atoms. The van der Waals surface area contributed by atoms with Crippen molar-refractivity contribution in [3.63, 3.8) is 0 Å². The van der Waals surface area contributed by atoms with E-state index < -0.39 is 0 Å². The third-order valence-electron chi connectivity index (χ3n) is 2.56. The molecule has 0 spiro atoms. The van der Waals surface area contributed by atoms with Crippen molar-refractivity contribution in [2.75, 3.05) is 31.4 Å². The van der Waals surface area contributed by atoms with E-state index in [4.69, 9.17) is 10.5 Å². The van der Waals surface area contributed by atoms with Crippen LogP contribution in [0.5, 0.6) is 0 Å². The van der Waals surface area contributed by atoms with Crippen LogP contribution in [0.2, 0.25) is 0 Å². The van der Waals surface area contributed by atoms with Crippen molar-refractivity contribution in [1.29, 1.82) is 0 Å². The third-order valence-corrected chi connectivity index (χ3v) is 2.56. The van der Waals surface area contributed by atoms with E-state index in [-0.39, 0.29) is 12.6 Å². The number of nitrogens with one attached hydrogen (secondary N) is 2. The largest absolute Gasteiger partial charge is 0.397 e. The second-order valence-electron chi connectivity index (χ2n) is 3.88. The number of ether oxygens (including phenoxy) is 1. The van der Waals surface area contributed by atoms with E-state index >= 15 is 0 Å². The summed E-state index contributed by atoms with van der Waals surface area (Å²) in [5.74, 6) is 0. The average Bonchev–Trinajstić information content (AvgIpc) is 2.75. The Hall–Kier alpha value is -1.79. The van der Waals surface area contributed by atoms with Gasteiger partial charge in [0, 0.05) is 12.5 Å². The lowest BCUT2D eigenvalue weighted by Crippen LogP contribution is -2.29. The predicted molar refractivity (Wildman–Crippen MR) is 66.9 cm³/mol. The van der Waals surface area contributed by atoms with Crippen LogP contribution in [0.4, 0.5) is 11.4 Å². The summed E-state index contributed by atoms with van der Waals surface area (Å²) < 4.78 is 5.00. The number of anilines is 2. The molecule has 1 unspecified atom stereocenters. The van der Waals surface area contributed by atoms with Gasteiger partial charge in [0.25, 0.3) is 0 Å². The Kier molecular flexibility index (Phi) is 3.46. The molecule has 2 aromatic rings. The summed E-state index contributed by atoms with van der Waals surface area (Å²) in [5.41, 5.74) is 8.20. The quantitative estimate of drug-likeness (QED) is 0.569. The van der Waals surface area contributed by atoms with E-state index in [2.05, 4.69) is 15.5 Å². The summed E-state index contributed by atoms with van der Waals surface area (Å²) in [6.07, 6.45) is 1.72. The monoisotopic (exact) mass is 236 g/mol. The first-order valence-electron chi connectivity index (χ1n) is 5.33. The Labute approximate surface area is 98.8 Å². The standard InChI is InChI=1S/C11H16N4O2/c1-17-6-8(5-16)14-11-3-10-7(2-9(11)12)4-13-15-10/h2-4,8,14,16H,5-6,12H2,1H3,(H,13,15). The molecule has 1 aromatic heterocycles. The highest BCUT2D eigenvalue weighted by molar-refractivity contribution is 5.88. The minimum absolute atomic E-state index is 0.0196. The van der Waals surface area contributed by atoms with Gasteiger partial charge in [-0.25, -0.2) is 0 Å². The number of aliphatic hydroxyl groups excluding tert-OH is 1. The maximum atomic E-state index is 9.18. The molecule has 1 heterocycles. The number of rotatable bonds is 5. The summed E-state index contributed by atoms with van der Waals surface area (Å²) in [7, 11) is 1.59. The highest BCUT2D eigenvalue weighted by Crippen LogP contribution is 2.25. The molecule has 0 aliphatic heterocycles. The number of methoxy groups -OCH3 is 1. The minimum Gasteiger partial charge on any atom is -0.397 e. The van der Waals surface area contributed by atoms with Gasteiger partial charge in [-0.05, 0) is 12.1 Å². The molecule has 0 amide bonds. The highest BCUT2D eigenvalue weighted by Gasteiger charge is 2.10. The van der Waals surface area contributed by atoms with Crippen LogP contribution >= 0.6 is 0 Å². The topological polar surface area (TPSA) is 96.2 Å². The maximum absolute atomic E-state index is 9.18. The van der Waals surface area contributed by atoms with Gasteiger partial charge in [0.1, 0.15) is 0 Å². The van der Waals surface area contributed by atoms with Crippen LogP contribution in [0.15, 0.2) is 18.3 Å². The summed E-state index contributed by atoms with van der Waals surface area (Å²) in [4.78, 5) is 0. The number of fused-ring (bicyclic) bond motifs is 1. The summed E-state index contributed by atoms with van der Waals surface area (Å²) in [6, 6.07) is 3.53. The van der Waals surface area contributed by atoms with Crippen molar-refractivity contribution in [2.45, 2.75) is 6.04 Å². The molecule has 0 fully saturated rings. The first-order chi connectivity index (χ1) is 8.24. The molecular formula is C11H16N4O2. The molecule has 1 aromatic carbocycles. The molecule has 5 N–H and O–H groups in total. The van der Waals surface area contributed by atoms with Crippen molar-refractivity contribution in [2.24, 2.45) is 0 Å². The molecule has 6 heteroatoms. The van der Waals surface area contributed by atoms with E-state index in [0.29, 0.717) is 12.3 Å². The van der Waals surface area contributed by atoms with Crippen LogP contribution in [0.3, 0.4) is 0 Å².